The van der Waals surface area contributed by atoms with Crippen LogP contribution in [0.3, 0.4) is 0 Å². The summed E-state index contributed by atoms with van der Waals surface area (Å²) in [6.45, 7) is 9.39. The molecule has 1 unspecified atom stereocenters. The van der Waals surface area contributed by atoms with Gasteiger partial charge in [-0.3, -0.25) is 0 Å². The molecule has 1 nitrogen and oxygen atoms in total. The molecule has 3 fully saturated rings. The smallest absolute Gasteiger partial charge is 0.0739 e. The Morgan fingerprint density at radius 2 is 1.56 bits per heavy atom. The van der Waals surface area contributed by atoms with Crippen molar-refractivity contribution in [2.75, 3.05) is 0 Å². The van der Waals surface area contributed by atoms with E-state index in [-0.39, 0.29) is 5.60 Å². The highest BCUT2D eigenvalue weighted by Crippen LogP contribution is 2.72. The summed E-state index contributed by atoms with van der Waals surface area (Å²) in [4.78, 5) is 0. The normalized spacial score (nSPS) is 58.7. The molecule has 0 aromatic carbocycles. The molecule has 0 heterocycles. The Hall–Kier alpha value is -0.0400. The number of fused-ring (bicyclic) bond motifs is 3. The largest absolute Gasteiger partial charge is 0.389 e. The molecule has 0 aromatic heterocycles. The van der Waals surface area contributed by atoms with Crippen LogP contribution in [0.1, 0.15) is 53.4 Å². The van der Waals surface area contributed by atoms with Gasteiger partial charge in [-0.1, -0.05) is 34.1 Å². The maximum atomic E-state index is 11.3. The minimum atomic E-state index is -0.329. The second kappa shape index (κ2) is 3.04. The van der Waals surface area contributed by atoms with E-state index in [0.717, 1.165) is 11.8 Å². The summed E-state index contributed by atoms with van der Waals surface area (Å²) in [7, 11) is 0. The van der Waals surface area contributed by atoms with E-state index in [4.69, 9.17) is 0 Å². The Morgan fingerprint density at radius 1 is 0.938 bits per heavy atom. The van der Waals surface area contributed by atoms with Gasteiger partial charge in [0.1, 0.15) is 0 Å². The van der Waals surface area contributed by atoms with Gasteiger partial charge in [-0.25, -0.2) is 0 Å². The van der Waals surface area contributed by atoms with E-state index in [1.807, 2.05) is 0 Å². The molecule has 92 valence electrons. The van der Waals surface area contributed by atoms with Crippen LogP contribution in [0.4, 0.5) is 0 Å². The fraction of sp³-hybridized carbons (Fsp3) is 1.00. The van der Waals surface area contributed by atoms with Gasteiger partial charge in [0.15, 0.2) is 0 Å². The van der Waals surface area contributed by atoms with Crippen molar-refractivity contribution in [3.63, 3.8) is 0 Å². The lowest BCUT2D eigenvalue weighted by Gasteiger charge is -2.38. The molecular weight excluding hydrogens is 196 g/mol. The predicted octanol–water partition coefficient (Wildman–Crippen LogP) is 3.47. The molecule has 3 rings (SSSR count). The molecule has 1 N–H and O–H groups in total. The lowest BCUT2D eigenvalue weighted by molar-refractivity contribution is -0.0738. The molecule has 0 saturated heterocycles. The molecule has 16 heavy (non-hydrogen) atoms. The van der Waals surface area contributed by atoms with Crippen LogP contribution in [0.2, 0.25) is 0 Å². The Balaban J connectivity index is 2.00. The number of aliphatic hydroxyl groups is 1. The Morgan fingerprint density at radius 3 is 2.25 bits per heavy atom. The fourth-order valence-corrected chi connectivity index (χ4v) is 5.38. The van der Waals surface area contributed by atoms with Crippen molar-refractivity contribution in [3.8, 4) is 0 Å². The third-order valence-electron chi connectivity index (χ3n) is 6.46. The number of hydrogen-bond acceptors (Lipinski definition) is 1. The van der Waals surface area contributed by atoms with E-state index in [9.17, 15) is 5.11 Å². The van der Waals surface area contributed by atoms with E-state index >= 15 is 0 Å². The fourth-order valence-electron chi connectivity index (χ4n) is 5.38. The van der Waals surface area contributed by atoms with E-state index in [1.165, 1.54) is 25.7 Å². The van der Waals surface area contributed by atoms with Crippen molar-refractivity contribution in [1.29, 1.82) is 0 Å². The van der Waals surface area contributed by atoms with Crippen molar-refractivity contribution < 1.29 is 5.11 Å². The van der Waals surface area contributed by atoms with Crippen molar-refractivity contribution in [3.05, 3.63) is 0 Å². The molecule has 0 aliphatic heterocycles. The molecule has 0 spiro atoms. The van der Waals surface area contributed by atoms with Gasteiger partial charge in [-0.2, -0.15) is 0 Å². The Kier molecular flexibility index (Phi) is 2.11. The van der Waals surface area contributed by atoms with Gasteiger partial charge < -0.3 is 5.11 Å². The van der Waals surface area contributed by atoms with E-state index in [2.05, 4.69) is 27.7 Å². The summed E-state index contributed by atoms with van der Waals surface area (Å²) < 4.78 is 0. The van der Waals surface area contributed by atoms with Crippen LogP contribution in [-0.4, -0.2) is 10.7 Å². The molecule has 0 amide bonds. The van der Waals surface area contributed by atoms with Crippen LogP contribution in [0.15, 0.2) is 0 Å². The highest BCUT2D eigenvalue weighted by molar-refractivity contribution is 5.20. The first-order valence-corrected chi connectivity index (χ1v) is 7.12. The minimum Gasteiger partial charge on any atom is -0.389 e. The van der Waals surface area contributed by atoms with Gasteiger partial charge in [0.05, 0.1) is 5.60 Å². The molecule has 3 saturated carbocycles. The first kappa shape index (κ1) is 11.1. The summed E-state index contributed by atoms with van der Waals surface area (Å²) in [5, 5.41) is 11.3. The predicted molar refractivity (Wildman–Crippen MR) is 66.0 cm³/mol. The van der Waals surface area contributed by atoms with Crippen LogP contribution in [0.25, 0.3) is 0 Å². The first-order valence-electron chi connectivity index (χ1n) is 7.12. The van der Waals surface area contributed by atoms with Crippen LogP contribution < -0.4 is 0 Å². The van der Waals surface area contributed by atoms with Crippen molar-refractivity contribution in [1.82, 2.24) is 0 Å². The van der Waals surface area contributed by atoms with Crippen molar-refractivity contribution in [2.24, 2.45) is 35.0 Å². The molecule has 6 atom stereocenters. The third-order valence-corrected chi connectivity index (χ3v) is 6.46. The zero-order valence-electron chi connectivity index (χ0n) is 11.2. The quantitative estimate of drug-likeness (QED) is 0.665. The van der Waals surface area contributed by atoms with Crippen molar-refractivity contribution in [2.45, 2.75) is 59.0 Å². The van der Waals surface area contributed by atoms with E-state index in [0.29, 0.717) is 23.2 Å². The first-order chi connectivity index (χ1) is 7.40. The van der Waals surface area contributed by atoms with Gasteiger partial charge in [0.25, 0.3) is 0 Å². The maximum absolute atomic E-state index is 11.3. The number of rotatable bonds is 0. The molecule has 0 radical (unpaired) electrons. The average molecular weight is 222 g/mol. The zero-order chi connectivity index (χ0) is 11.7. The van der Waals surface area contributed by atoms with Gasteiger partial charge >= 0.3 is 0 Å². The maximum Gasteiger partial charge on any atom is 0.0739 e. The van der Waals surface area contributed by atoms with Crippen LogP contribution in [0.5, 0.6) is 0 Å². The molecule has 1 heteroatoms. The summed E-state index contributed by atoms with van der Waals surface area (Å²) >= 11 is 0. The van der Waals surface area contributed by atoms with Gasteiger partial charge in [0.2, 0.25) is 0 Å². The average Bonchev–Trinajstić information content (AvgIpc) is 2.67. The lowest BCUT2D eigenvalue weighted by atomic mass is 9.73. The monoisotopic (exact) mass is 222 g/mol. The van der Waals surface area contributed by atoms with Crippen LogP contribution in [0, 0.1) is 35.0 Å². The van der Waals surface area contributed by atoms with E-state index < -0.39 is 0 Å². The summed E-state index contributed by atoms with van der Waals surface area (Å²) in [5.74, 6) is 3.23. The second-order valence-corrected chi connectivity index (χ2v) is 7.43. The minimum absolute atomic E-state index is 0.329. The lowest BCUT2D eigenvalue weighted by Crippen LogP contribution is -2.44. The van der Waals surface area contributed by atoms with Gasteiger partial charge in [-0.05, 0) is 54.3 Å². The highest BCUT2D eigenvalue weighted by Gasteiger charge is 2.71. The van der Waals surface area contributed by atoms with Crippen LogP contribution >= 0.6 is 0 Å². The zero-order valence-corrected chi connectivity index (χ0v) is 11.2. The summed E-state index contributed by atoms with van der Waals surface area (Å²) in [6, 6.07) is 0. The molecular formula is C15H26O. The van der Waals surface area contributed by atoms with Gasteiger partial charge in [0, 0.05) is 0 Å². The Labute approximate surface area is 99.6 Å². The van der Waals surface area contributed by atoms with E-state index in [1.54, 1.807) is 0 Å². The summed E-state index contributed by atoms with van der Waals surface area (Å²) in [6.07, 6.45) is 5.19. The molecule has 3 aliphatic carbocycles. The molecule has 0 bridgehead atoms. The van der Waals surface area contributed by atoms with Gasteiger partial charge in [-0.15, -0.1) is 0 Å². The highest BCUT2D eigenvalue weighted by atomic mass is 16.3. The molecule has 3 aliphatic rings. The third kappa shape index (κ3) is 1.11. The Bertz CT molecular complexity index is 309. The second-order valence-electron chi connectivity index (χ2n) is 7.43. The van der Waals surface area contributed by atoms with Crippen LogP contribution in [-0.2, 0) is 0 Å². The number of hydrogen-bond donors (Lipinski definition) is 1. The SMILES string of the molecule is C[C@H]1CC[C@H]2[C@H](C2(C)C)C2(O)[C@@H](C)CC[C@@H]12. The topological polar surface area (TPSA) is 20.2 Å². The van der Waals surface area contributed by atoms with Crippen molar-refractivity contribution >= 4 is 0 Å². The molecule has 0 aromatic rings. The standard InChI is InChI=1S/C15H26O/c1-9-5-7-12-13(14(12,3)4)15(16)10(2)6-8-11(9)15/h9-13,16H,5-8H2,1-4H3/t9-,10-,11-,12-,13+,15?/m0/s1. The summed E-state index contributed by atoms with van der Waals surface area (Å²) in [5.41, 5.74) is 0.0792.